The molecule has 0 spiro atoms. The number of ether oxygens (including phenoxy) is 1. The van der Waals surface area contributed by atoms with E-state index in [4.69, 9.17) is 4.74 Å². The summed E-state index contributed by atoms with van der Waals surface area (Å²) in [5, 5.41) is 0. The van der Waals surface area contributed by atoms with E-state index in [0.29, 0.717) is 18.7 Å². The van der Waals surface area contributed by atoms with E-state index in [1.807, 2.05) is 31.2 Å². The quantitative estimate of drug-likeness (QED) is 0.768. The van der Waals surface area contributed by atoms with Crippen molar-refractivity contribution in [1.29, 1.82) is 0 Å². The monoisotopic (exact) mass is 359 g/mol. The number of rotatable bonds is 5. The molecule has 1 aliphatic rings. The van der Waals surface area contributed by atoms with Gasteiger partial charge in [-0.2, -0.15) is 0 Å². The molecule has 1 heterocycles. The van der Waals surface area contributed by atoms with Crippen molar-refractivity contribution in [3.8, 4) is 0 Å². The standard InChI is InChI=1S/C19H21NO4S/c1-2-14-24-19(21)16-9-11-17(12-10-16)25(22,23)20-13-5-7-15-6-3-4-8-18(15)20/h3-4,6,8-12H,2,5,7,13-14H2,1H3. The zero-order valence-electron chi connectivity index (χ0n) is 14.1. The molecule has 0 fully saturated rings. The summed E-state index contributed by atoms with van der Waals surface area (Å²) < 4.78 is 32.5. The molecule has 132 valence electrons. The topological polar surface area (TPSA) is 63.7 Å². The highest BCUT2D eigenvalue weighted by atomic mass is 32.2. The minimum Gasteiger partial charge on any atom is -0.462 e. The first-order valence-electron chi connectivity index (χ1n) is 8.42. The van der Waals surface area contributed by atoms with Gasteiger partial charge < -0.3 is 4.74 Å². The van der Waals surface area contributed by atoms with Gasteiger partial charge in [-0.1, -0.05) is 25.1 Å². The summed E-state index contributed by atoms with van der Waals surface area (Å²) in [5.74, 6) is -0.436. The van der Waals surface area contributed by atoms with Gasteiger partial charge in [-0.3, -0.25) is 4.31 Å². The van der Waals surface area contributed by atoms with E-state index >= 15 is 0 Å². The van der Waals surface area contributed by atoms with Crippen LogP contribution in [0, 0.1) is 0 Å². The second-order valence-electron chi connectivity index (χ2n) is 5.97. The normalized spacial score (nSPS) is 14.0. The fourth-order valence-corrected chi connectivity index (χ4v) is 4.46. The summed E-state index contributed by atoms with van der Waals surface area (Å²) in [5.41, 5.74) is 2.13. The highest BCUT2D eigenvalue weighted by Gasteiger charge is 2.28. The third-order valence-electron chi connectivity index (χ3n) is 4.18. The van der Waals surface area contributed by atoms with Crippen molar-refractivity contribution in [2.24, 2.45) is 0 Å². The average Bonchev–Trinajstić information content (AvgIpc) is 2.65. The molecule has 0 bridgehead atoms. The molecular formula is C19H21NO4S. The highest BCUT2D eigenvalue weighted by molar-refractivity contribution is 7.92. The first-order valence-corrected chi connectivity index (χ1v) is 9.86. The van der Waals surface area contributed by atoms with Crippen LogP contribution in [0.15, 0.2) is 53.4 Å². The van der Waals surface area contributed by atoms with Crippen molar-refractivity contribution >= 4 is 21.7 Å². The highest BCUT2D eigenvalue weighted by Crippen LogP contribution is 2.31. The van der Waals surface area contributed by atoms with Crippen molar-refractivity contribution in [3.63, 3.8) is 0 Å². The molecule has 25 heavy (non-hydrogen) atoms. The Bertz CT molecular complexity index is 859. The lowest BCUT2D eigenvalue weighted by Gasteiger charge is -2.30. The first kappa shape index (κ1) is 17.5. The lowest BCUT2D eigenvalue weighted by Crippen LogP contribution is -2.35. The molecule has 6 heteroatoms. The summed E-state index contributed by atoms with van der Waals surface area (Å²) >= 11 is 0. The van der Waals surface area contributed by atoms with Crippen molar-refractivity contribution in [3.05, 3.63) is 59.7 Å². The van der Waals surface area contributed by atoms with Crippen molar-refractivity contribution in [1.82, 2.24) is 0 Å². The number of esters is 1. The van der Waals surface area contributed by atoms with Crippen molar-refractivity contribution in [2.45, 2.75) is 31.1 Å². The lowest BCUT2D eigenvalue weighted by atomic mass is 10.0. The number of hydrogen-bond donors (Lipinski definition) is 0. The molecule has 2 aromatic carbocycles. The lowest BCUT2D eigenvalue weighted by molar-refractivity contribution is 0.0505. The van der Waals surface area contributed by atoms with Gasteiger partial charge in [0.25, 0.3) is 10.0 Å². The molecule has 0 N–H and O–H groups in total. The van der Waals surface area contributed by atoms with Gasteiger partial charge in [0.2, 0.25) is 0 Å². The second-order valence-corrected chi connectivity index (χ2v) is 7.83. The summed E-state index contributed by atoms with van der Waals surface area (Å²) in [6.45, 7) is 2.72. The van der Waals surface area contributed by atoms with E-state index in [2.05, 4.69) is 0 Å². The zero-order valence-corrected chi connectivity index (χ0v) is 15.0. The smallest absolute Gasteiger partial charge is 0.338 e. The van der Waals surface area contributed by atoms with Crippen LogP contribution in [0.25, 0.3) is 0 Å². The van der Waals surface area contributed by atoms with Crippen LogP contribution in [-0.4, -0.2) is 27.5 Å². The molecule has 2 aromatic rings. The number of nitrogens with zero attached hydrogens (tertiary/aromatic N) is 1. The largest absolute Gasteiger partial charge is 0.462 e. The number of anilines is 1. The molecule has 0 saturated carbocycles. The van der Waals surface area contributed by atoms with Crippen LogP contribution in [0.2, 0.25) is 0 Å². The van der Waals surface area contributed by atoms with E-state index in [0.717, 1.165) is 30.5 Å². The van der Waals surface area contributed by atoms with Gasteiger partial charge in [-0.05, 0) is 55.2 Å². The van der Waals surface area contributed by atoms with Gasteiger partial charge >= 0.3 is 5.97 Å². The van der Waals surface area contributed by atoms with Crippen molar-refractivity contribution in [2.75, 3.05) is 17.5 Å². The molecule has 5 nitrogen and oxygen atoms in total. The molecule has 0 unspecified atom stereocenters. The van der Waals surface area contributed by atoms with E-state index in [-0.39, 0.29) is 4.90 Å². The third kappa shape index (κ3) is 3.54. The summed E-state index contributed by atoms with van der Waals surface area (Å²) in [6, 6.07) is 13.5. The van der Waals surface area contributed by atoms with Gasteiger partial charge in [-0.15, -0.1) is 0 Å². The third-order valence-corrected chi connectivity index (χ3v) is 6.01. The Labute approximate surface area is 148 Å². The van der Waals surface area contributed by atoms with E-state index in [9.17, 15) is 13.2 Å². The Kier molecular flexibility index (Phi) is 5.08. The van der Waals surface area contributed by atoms with E-state index in [1.165, 1.54) is 28.6 Å². The summed E-state index contributed by atoms with van der Waals surface area (Å²) in [6.07, 6.45) is 2.41. The van der Waals surface area contributed by atoms with Gasteiger partial charge in [0.15, 0.2) is 0 Å². The van der Waals surface area contributed by atoms with Crippen LogP contribution < -0.4 is 4.31 Å². The molecule has 0 amide bonds. The Morgan fingerprint density at radius 3 is 2.56 bits per heavy atom. The van der Waals surface area contributed by atoms with E-state index < -0.39 is 16.0 Å². The maximum atomic E-state index is 13.0. The van der Waals surface area contributed by atoms with Gasteiger partial charge in [-0.25, -0.2) is 13.2 Å². The molecule has 0 aliphatic carbocycles. The average molecular weight is 359 g/mol. The van der Waals surface area contributed by atoms with Gasteiger partial charge in [0.05, 0.1) is 22.8 Å². The maximum absolute atomic E-state index is 13.0. The number of aryl methyl sites for hydroxylation is 1. The van der Waals surface area contributed by atoms with Crippen LogP contribution in [-0.2, 0) is 21.2 Å². The number of para-hydroxylation sites is 1. The predicted octanol–water partition coefficient (Wildman–Crippen LogP) is 3.39. The zero-order chi connectivity index (χ0) is 17.9. The number of carbonyl (C=O) groups excluding carboxylic acids is 1. The van der Waals surface area contributed by atoms with Gasteiger partial charge in [0, 0.05) is 6.54 Å². The SMILES string of the molecule is CCCOC(=O)c1ccc(S(=O)(=O)N2CCCc3ccccc32)cc1. The molecule has 0 radical (unpaired) electrons. The molecule has 0 aromatic heterocycles. The summed E-state index contributed by atoms with van der Waals surface area (Å²) in [4.78, 5) is 12.0. The van der Waals surface area contributed by atoms with Gasteiger partial charge in [0.1, 0.15) is 0 Å². The molecular weight excluding hydrogens is 338 g/mol. The predicted molar refractivity (Wildman–Crippen MR) is 96.3 cm³/mol. The minimum absolute atomic E-state index is 0.177. The van der Waals surface area contributed by atoms with Crippen LogP contribution >= 0.6 is 0 Å². The van der Waals surface area contributed by atoms with Crippen LogP contribution in [0.4, 0.5) is 5.69 Å². The molecule has 3 rings (SSSR count). The molecule has 1 aliphatic heterocycles. The van der Waals surface area contributed by atoms with Crippen molar-refractivity contribution < 1.29 is 17.9 Å². The molecule has 0 saturated heterocycles. The maximum Gasteiger partial charge on any atom is 0.338 e. The fourth-order valence-electron chi connectivity index (χ4n) is 2.92. The fraction of sp³-hybridized carbons (Fsp3) is 0.316. The van der Waals surface area contributed by atoms with Crippen LogP contribution in [0.3, 0.4) is 0 Å². The number of carbonyl (C=O) groups is 1. The Morgan fingerprint density at radius 1 is 1.12 bits per heavy atom. The first-order chi connectivity index (χ1) is 12.0. The Balaban J connectivity index is 1.87. The minimum atomic E-state index is -3.65. The number of fused-ring (bicyclic) bond motifs is 1. The van der Waals surface area contributed by atoms with E-state index in [1.54, 1.807) is 0 Å². The molecule has 0 atom stereocenters. The number of sulfonamides is 1. The Hall–Kier alpha value is -2.34. The number of benzene rings is 2. The van der Waals surface area contributed by atoms with Crippen LogP contribution in [0.1, 0.15) is 35.7 Å². The Morgan fingerprint density at radius 2 is 1.84 bits per heavy atom. The number of hydrogen-bond acceptors (Lipinski definition) is 4. The van der Waals surface area contributed by atoms with Crippen LogP contribution in [0.5, 0.6) is 0 Å². The summed E-state index contributed by atoms with van der Waals surface area (Å²) in [7, 11) is -3.65. The second kappa shape index (κ2) is 7.27.